The molecule has 0 unspecified atom stereocenters. The number of nitrogens with zero attached hydrogens (tertiary/aromatic N) is 2. The summed E-state index contributed by atoms with van der Waals surface area (Å²) in [5.74, 6) is -0.444. The normalized spacial score (nSPS) is 16.2. The van der Waals surface area contributed by atoms with Gasteiger partial charge in [0.1, 0.15) is 0 Å². The highest BCUT2D eigenvalue weighted by Crippen LogP contribution is 2.30. The van der Waals surface area contributed by atoms with Crippen molar-refractivity contribution in [3.8, 4) is 0 Å². The average Bonchev–Trinajstić information content (AvgIpc) is 3.04. The van der Waals surface area contributed by atoms with Gasteiger partial charge in [-0.2, -0.15) is 0 Å². The van der Waals surface area contributed by atoms with E-state index in [4.69, 9.17) is 4.74 Å². The molecule has 0 saturated heterocycles. The Bertz CT molecular complexity index is 1300. The number of carbonyl (C=O) groups excluding carboxylic acids is 1. The van der Waals surface area contributed by atoms with E-state index < -0.39 is 12.0 Å². The van der Waals surface area contributed by atoms with Crippen LogP contribution < -0.4 is 14.9 Å². The first-order chi connectivity index (χ1) is 14.5. The minimum absolute atomic E-state index is 0.164. The number of aryl methyl sites for hydroxylation is 1. The van der Waals surface area contributed by atoms with E-state index in [1.54, 1.807) is 18.4 Å². The van der Waals surface area contributed by atoms with Gasteiger partial charge >= 0.3 is 5.97 Å². The molecule has 30 heavy (non-hydrogen) atoms. The predicted octanol–water partition coefficient (Wildman–Crippen LogP) is 3.11. The Hall–Kier alpha value is -3.25. The Labute approximate surface area is 178 Å². The smallest absolute Gasteiger partial charge is 0.338 e. The van der Waals surface area contributed by atoms with Crippen LogP contribution in [0.4, 0.5) is 0 Å². The van der Waals surface area contributed by atoms with Gasteiger partial charge in [0.25, 0.3) is 5.56 Å². The summed E-state index contributed by atoms with van der Waals surface area (Å²) in [7, 11) is 0. The highest BCUT2D eigenvalue weighted by Gasteiger charge is 2.33. The summed E-state index contributed by atoms with van der Waals surface area (Å²) in [5, 5.41) is 0. The molecule has 2 heterocycles. The van der Waals surface area contributed by atoms with E-state index in [9.17, 15) is 9.59 Å². The molecule has 0 fully saturated rings. The van der Waals surface area contributed by atoms with E-state index in [2.05, 4.69) is 4.99 Å². The molecule has 0 saturated carbocycles. The van der Waals surface area contributed by atoms with Crippen LogP contribution >= 0.6 is 11.3 Å². The van der Waals surface area contributed by atoms with Crippen LogP contribution in [0, 0.1) is 6.92 Å². The molecule has 0 aliphatic carbocycles. The molecular weight excluding hydrogens is 396 g/mol. The molecular formula is C24H22N2O3S. The fourth-order valence-corrected chi connectivity index (χ4v) is 4.60. The number of esters is 1. The first kappa shape index (κ1) is 20.0. The zero-order valence-corrected chi connectivity index (χ0v) is 17.9. The Balaban J connectivity index is 1.94. The van der Waals surface area contributed by atoms with Crippen molar-refractivity contribution in [1.82, 2.24) is 4.57 Å². The maximum Gasteiger partial charge on any atom is 0.338 e. The minimum atomic E-state index is -0.568. The van der Waals surface area contributed by atoms with Crippen molar-refractivity contribution in [2.75, 3.05) is 6.61 Å². The van der Waals surface area contributed by atoms with Gasteiger partial charge in [0.15, 0.2) is 4.80 Å². The lowest BCUT2D eigenvalue weighted by Crippen LogP contribution is -2.39. The van der Waals surface area contributed by atoms with E-state index in [0.717, 1.165) is 16.7 Å². The van der Waals surface area contributed by atoms with Gasteiger partial charge in [0, 0.05) is 0 Å². The number of fused-ring (bicyclic) bond motifs is 1. The number of benzene rings is 2. The van der Waals surface area contributed by atoms with Crippen molar-refractivity contribution >= 4 is 23.4 Å². The van der Waals surface area contributed by atoms with E-state index >= 15 is 0 Å². The van der Waals surface area contributed by atoms with Crippen LogP contribution in [-0.2, 0) is 9.53 Å². The molecule has 0 N–H and O–H groups in total. The van der Waals surface area contributed by atoms with Crippen LogP contribution in [0.5, 0.6) is 0 Å². The Kier molecular flexibility index (Phi) is 5.50. The Morgan fingerprint density at radius 1 is 1.13 bits per heavy atom. The molecule has 5 nitrogen and oxygen atoms in total. The van der Waals surface area contributed by atoms with Crippen LogP contribution in [-0.4, -0.2) is 17.1 Å². The molecule has 1 aromatic heterocycles. The van der Waals surface area contributed by atoms with Gasteiger partial charge in [-0.05, 0) is 38.0 Å². The SMILES string of the molecule is CCOC(=O)C1=C(C)N=c2s/c(=C/c3ccc(C)cc3)c(=O)n2[C@@H]1c1ccccc1. The summed E-state index contributed by atoms with van der Waals surface area (Å²) >= 11 is 1.33. The summed E-state index contributed by atoms with van der Waals surface area (Å²) in [6, 6.07) is 17.0. The third-order valence-corrected chi connectivity index (χ3v) is 5.99. The predicted molar refractivity (Wildman–Crippen MR) is 118 cm³/mol. The second-order valence-corrected chi connectivity index (χ2v) is 8.13. The van der Waals surface area contributed by atoms with Gasteiger partial charge in [-0.1, -0.05) is 71.5 Å². The zero-order valence-electron chi connectivity index (χ0n) is 17.1. The first-order valence-electron chi connectivity index (χ1n) is 9.81. The van der Waals surface area contributed by atoms with Gasteiger partial charge in [-0.3, -0.25) is 9.36 Å². The third-order valence-electron chi connectivity index (χ3n) is 5.01. The van der Waals surface area contributed by atoms with Crippen LogP contribution in [0.25, 0.3) is 6.08 Å². The van der Waals surface area contributed by atoms with Crippen molar-refractivity contribution < 1.29 is 9.53 Å². The molecule has 1 aliphatic rings. The summed E-state index contributed by atoms with van der Waals surface area (Å²) in [6.07, 6.45) is 1.87. The molecule has 0 amide bonds. The summed E-state index contributed by atoms with van der Waals surface area (Å²) < 4.78 is 7.49. The third kappa shape index (κ3) is 3.66. The van der Waals surface area contributed by atoms with Gasteiger partial charge in [0.2, 0.25) is 0 Å². The number of thiazole rings is 1. The van der Waals surface area contributed by atoms with E-state index in [1.807, 2.05) is 67.6 Å². The maximum absolute atomic E-state index is 13.4. The molecule has 1 aliphatic heterocycles. The molecule has 4 rings (SSSR count). The highest BCUT2D eigenvalue weighted by atomic mass is 32.1. The number of hydrogen-bond acceptors (Lipinski definition) is 5. The maximum atomic E-state index is 13.4. The zero-order chi connectivity index (χ0) is 21.3. The van der Waals surface area contributed by atoms with Crippen molar-refractivity contribution in [3.63, 3.8) is 0 Å². The number of allylic oxidation sites excluding steroid dienone is 1. The molecule has 2 aromatic carbocycles. The van der Waals surface area contributed by atoms with Crippen LogP contribution in [0.2, 0.25) is 0 Å². The van der Waals surface area contributed by atoms with Crippen LogP contribution in [0.3, 0.4) is 0 Å². The summed E-state index contributed by atoms with van der Waals surface area (Å²) in [4.78, 5) is 31.4. The molecule has 0 bridgehead atoms. The molecule has 1 atom stereocenters. The van der Waals surface area contributed by atoms with Crippen molar-refractivity contribution in [3.05, 3.63) is 102 Å². The summed E-state index contributed by atoms with van der Waals surface area (Å²) in [6.45, 7) is 5.84. The highest BCUT2D eigenvalue weighted by molar-refractivity contribution is 7.07. The number of ether oxygens (including phenoxy) is 1. The standard InChI is InChI=1S/C24H22N2O3S/c1-4-29-23(28)20-16(3)25-24-26(21(20)18-8-6-5-7-9-18)22(27)19(30-24)14-17-12-10-15(2)11-13-17/h5-14,21H,4H2,1-3H3/b19-14+/t21-/m1/s1. The number of aromatic nitrogens is 1. The molecule has 6 heteroatoms. The first-order valence-corrected chi connectivity index (χ1v) is 10.6. The van der Waals surface area contributed by atoms with E-state index in [-0.39, 0.29) is 12.2 Å². The second-order valence-electron chi connectivity index (χ2n) is 7.12. The second kappa shape index (κ2) is 8.24. The Morgan fingerprint density at radius 3 is 2.50 bits per heavy atom. The van der Waals surface area contributed by atoms with E-state index in [0.29, 0.717) is 20.6 Å². The monoisotopic (exact) mass is 418 g/mol. The number of hydrogen-bond donors (Lipinski definition) is 0. The quantitative estimate of drug-likeness (QED) is 0.612. The van der Waals surface area contributed by atoms with Crippen molar-refractivity contribution in [2.45, 2.75) is 26.8 Å². The number of rotatable bonds is 4. The van der Waals surface area contributed by atoms with Crippen molar-refractivity contribution in [1.29, 1.82) is 0 Å². The lowest BCUT2D eigenvalue weighted by Gasteiger charge is -2.24. The fourth-order valence-electron chi connectivity index (χ4n) is 3.56. The number of carbonyl (C=O) groups is 1. The topological polar surface area (TPSA) is 60.7 Å². The van der Waals surface area contributed by atoms with Gasteiger partial charge in [-0.25, -0.2) is 9.79 Å². The molecule has 0 radical (unpaired) electrons. The molecule has 0 spiro atoms. The van der Waals surface area contributed by atoms with Crippen LogP contribution in [0.15, 0.2) is 75.7 Å². The van der Waals surface area contributed by atoms with Gasteiger partial charge in [-0.15, -0.1) is 0 Å². The molecule has 3 aromatic rings. The van der Waals surface area contributed by atoms with Gasteiger partial charge in [0.05, 0.1) is 28.5 Å². The largest absolute Gasteiger partial charge is 0.463 e. The van der Waals surface area contributed by atoms with Crippen LogP contribution in [0.1, 0.15) is 36.6 Å². The minimum Gasteiger partial charge on any atom is -0.463 e. The lowest BCUT2D eigenvalue weighted by atomic mass is 9.96. The van der Waals surface area contributed by atoms with Gasteiger partial charge < -0.3 is 4.74 Å². The average molecular weight is 419 g/mol. The summed E-state index contributed by atoms with van der Waals surface area (Å²) in [5.41, 5.74) is 3.76. The van der Waals surface area contributed by atoms with E-state index in [1.165, 1.54) is 11.3 Å². The lowest BCUT2D eigenvalue weighted by molar-refractivity contribution is -0.139. The Morgan fingerprint density at radius 2 is 1.83 bits per heavy atom. The molecule has 152 valence electrons. The van der Waals surface area contributed by atoms with Crippen molar-refractivity contribution in [2.24, 2.45) is 4.99 Å². The fraction of sp³-hybridized carbons (Fsp3) is 0.208.